The van der Waals surface area contributed by atoms with Crippen LogP contribution >= 0.6 is 24.0 Å². The molecular weight excluding hydrogens is 391 g/mol. The van der Waals surface area contributed by atoms with Crippen molar-refractivity contribution < 1.29 is 8.42 Å². The zero-order valence-corrected chi connectivity index (χ0v) is 15.7. The minimum Gasteiger partial charge on any atom is -0.356 e. The van der Waals surface area contributed by atoms with Crippen LogP contribution in [0.2, 0.25) is 0 Å². The van der Waals surface area contributed by atoms with E-state index in [9.17, 15) is 8.42 Å². The normalized spacial score (nSPS) is 18.4. The van der Waals surface area contributed by atoms with Crippen molar-refractivity contribution in [3.05, 3.63) is 0 Å². The van der Waals surface area contributed by atoms with Gasteiger partial charge in [-0.25, -0.2) is 12.7 Å². The quantitative estimate of drug-likeness (QED) is 0.395. The summed E-state index contributed by atoms with van der Waals surface area (Å²) >= 11 is 0. The van der Waals surface area contributed by atoms with E-state index in [0.717, 1.165) is 38.3 Å². The number of sulfonamides is 1. The number of piperidine rings is 1. The minimum absolute atomic E-state index is 0. The maximum Gasteiger partial charge on any atom is 0.211 e. The van der Waals surface area contributed by atoms with E-state index >= 15 is 0 Å². The van der Waals surface area contributed by atoms with Crippen molar-refractivity contribution in [2.75, 3.05) is 39.5 Å². The Morgan fingerprint density at radius 2 is 1.90 bits per heavy atom. The number of guanidine groups is 1. The van der Waals surface area contributed by atoms with Crippen molar-refractivity contribution >= 4 is 40.0 Å². The highest BCUT2D eigenvalue weighted by Crippen LogP contribution is 2.18. The van der Waals surface area contributed by atoms with Gasteiger partial charge in [-0.05, 0) is 25.2 Å². The van der Waals surface area contributed by atoms with E-state index in [1.54, 1.807) is 11.4 Å². The van der Waals surface area contributed by atoms with Crippen LogP contribution in [0.5, 0.6) is 0 Å². The van der Waals surface area contributed by atoms with Gasteiger partial charge in [0.1, 0.15) is 0 Å². The Morgan fingerprint density at radius 3 is 2.35 bits per heavy atom. The second-order valence-electron chi connectivity index (χ2n) is 4.99. The first-order valence-corrected chi connectivity index (χ1v) is 8.71. The number of hydrogen-bond acceptors (Lipinski definition) is 3. The van der Waals surface area contributed by atoms with Gasteiger partial charge in [-0.15, -0.1) is 24.0 Å². The molecule has 0 aromatic heterocycles. The largest absolute Gasteiger partial charge is 0.356 e. The van der Waals surface area contributed by atoms with Crippen molar-refractivity contribution in [3.63, 3.8) is 0 Å². The van der Waals surface area contributed by atoms with Crippen LogP contribution in [0, 0.1) is 5.92 Å². The molecule has 1 fully saturated rings. The van der Waals surface area contributed by atoms with E-state index < -0.39 is 10.0 Å². The molecule has 6 nitrogen and oxygen atoms in total. The molecule has 0 atom stereocenters. The summed E-state index contributed by atoms with van der Waals surface area (Å²) in [5.74, 6) is 1.34. The van der Waals surface area contributed by atoms with Gasteiger partial charge in [-0.3, -0.25) is 4.99 Å². The highest BCUT2D eigenvalue weighted by Gasteiger charge is 2.24. The van der Waals surface area contributed by atoms with Gasteiger partial charge >= 0.3 is 0 Å². The summed E-state index contributed by atoms with van der Waals surface area (Å²) in [7, 11) is -1.26. The Kier molecular flexibility index (Phi) is 9.73. The Bertz CT molecular complexity index is 392. The maximum atomic E-state index is 11.4. The summed E-state index contributed by atoms with van der Waals surface area (Å²) in [5.41, 5.74) is 0. The summed E-state index contributed by atoms with van der Waals surface area (Å²) in [6.07, 6.45) is 4.16. The molecule has 1 aliphatic rings. The minimum atomic E-state index is -3.02. The number of nitrogens with zero attached hydrogens (tertiary/aromatic N) is 2. The molecule has 0 aromatic rings. The van der Waals surface area contributed by atoms with Gasteiger partial charge in [0.25, 0.3) is 0 Å². The molecule has 0 radical (unpaired) electrons. The van der Waals surface area contributed by atoms with Gasteiger partial charge in [0.15, 0.2) is 5.96 Å². The summed E-state index contributed by atoms with van der Waals surface area (Å²) in [6.45, 7) is 5.13. The molecule has 0 aromatic carbocycles. The molecule has 1 rings (SSSR count). The molecule has 1 heterocycles. The highest BCUT2D eigenvalue weighted by atomic mass is 127. The lowest BCUT2D eigenvalue weighted by Gasteiger charge is -2.30. The van der Waals surface area contributed by atoms with E-state index in [-0.39, 0.29) is 24.0 Å². The van der Waals surface area contributed by atoms with Gasteiger partial charge in [0, 0.05) is 33.2 Å². The summed E-state index contributed by atoms with van der Waals surface area (Å²) < 4.78 is 24.4. The SMILES string of the molecule is CCCNC(=NC)NCC1CCN(S(C)(=O)=O)CC1.I. The fourth-order valence-corrected chi connectivity index (χ4v) is 3.02. The molecule has 0 saturated carbocycles. The molecule has 8 heteroatoms. The van der Waals surface area contributed by atoms with Gasteiger partial charge in [0.2, 0.25) is 10.0 Å². The Balaban J connectivity index is 0.00000361. The van der Waals surface area contributed by atoms with E-state index in [1.807, 2.05) is 0 Å². The highest BCUT2D eigenvalue weighted by molar-refractivity contribution is 14.0. The number of hydrogen-bond donors (Lipinski definition) is 2. The second-order valence-corrected chi connectivity index (χ2v) is 6.97. The molecule has 0 spiro atoms. The number of halogens is 1. The fourth-order valence-electron chi connectivity index (χ4n) is 2.15. The van der Waals surface area contributed by atoms with E-state index in [0.29, 0.717) is 19.0 Å². The molecule has 0 aliphatic carbocycles. The van der Waals surface area contributed by atoms with Crippen LogP contribution in [0.25, 0.3) is 0 Å². The second kappa shape index (κ2) is 9.78. The number of rotatable bonds is 5. The first-order chi connectivity index (χ1) is 8.97. The van der Waals surface area contributed by atoms with E-state index in [4.69, 9.17) is 0 Å². The molecular formula is C12H27IN4O2S. The van der Waals surface area contributed by atoms with Crippen molar-refractivity contribution in [1.29, 1.82) is 0 Å². The average Bonchev–Trinajstić information content (AvgIpc) is 2.38. The maximum absolute atomic E-state index is 11.4. The van der Waals surface area contributed by atoms with E-state index in [1.165, 1.54) is 6.26 Å². The van der Waals surface area contributed by atoms with Crippen LogP contribution in [-0.4, -0.2) is 58.2 Å². The summed E-state index contributed by atoms with van der Waals surface area (Å²) in [5, 5.41) is 6.52. The summed E-state index contributed by atoms with van der Waals surface area (Å²) in [6, 6.07) is 0. The lowest BCUT2D eigenvalue weighted by Crippen LogP contribution is -2.44. The van der Waals surface area contributed by atoms with Crippen LogP contribution < -0.4 is 10.6 Å². The zero-order chi connectivity index (χ0) is 14.3. The molecule has 0 bridgehead atoms. The molecule has 2 N–H and O–H groups in total. The third kappa shape index (κ3) is 7.07. The van der Waals surface area contributed by atoms with Gasteiger partial charge in [-0.1, -0.05) is 6.92 Å². The first kappa shape index (κ1) is 19.9. The Labute approximate surface area is 139 Å². The molecule has 20 heavy (non-hydrogen) atoms. The first-order valence-electron chi connectivity index (χ1n) is 6.87. The van der Waals surface area contributed by atoms with Crippen LogP contribution in [-0.2, 0) is 10.0 Å². The van der Waals surface area contributed by atoms with Crippen molar-refractivity contribution in [3.8, 4) is 0 Å². The lowest BCUT2D eigenvalue weighted by atomic mass is 9.98. The fraction of sp³-hybridized carbons (Fsp3) is 0.917. The van der Waals surface area contributed by atoms with Gasteiger partial charge in [-0.2, -0.15) is 0 Å². The van der Waals surface area contributed by atoms with Crippen molar-refractivity contribution in [2.24, 2.45) is 10.9 Å². The summed E-state index contributed by atoms with van der Waals surface area (Å²) in [4.78, 5) is 4.15. The lowest BCUT2D eigenvalue weighted by molar-refractivity contribution is 0.275. The van der Waals surface area contributed by atoms with Crippen LogP contribution in [0.15, 0.2) is 4.99 Å². The smallest absolute Gasteiger partial charge is 0.211 e. The van der Waals surface area contributed by atoms with Crippen LogP contribution in [0.3, 0.4) is 0 Å². The predicted octanol–water partition coefficient (Wildman–Crippen LogP) is 0.851. The van der Waals surface area contributed by atoms with Crippen molar-refractivity contribution in [2.45, 2.75) is 26.2 Å². The standard InChI is InChI=1S/C12H26N4O2S.HI/c1-4-7-14-12(13-2)15-10-11-5-8-16(9-6-11)19(3,17)18;/h11H,4-10H2,1-3H3,(H2,13,14,15);1H. The molecule has 0 amide bonds. The molecule has 1 aliphatic heterocycles. The van der Waals surface area contributed by atoms with E-state index in [2.05, 4.69) is 22.5 Å². The Morgan fingerprint density at radius 1 is 1.30 bits per heavy atom. The number of aliphatic imine (C=N–C) groups is 1. The molecule has 120 valence electrons. The number of nitrogens with one attached hydrogen (secondary N) is 2. The Hall–Kier alpha value is -0.0900. The third-order valence-electron chi connectivity index (χ3n) is 3.37. The zero-order valence-electron chi connectivity index (χ0n) is 12.6. The van der Waals surface area contributed by atoms with Gasteiger partial charge < -0.3 is 10.6 Å². The predicted molar refractivity (Wildman–Crippen MR) is 94.2 cm³/mol. The third-order valence-corrected chi connectivity index (χ3v) is 4.67. The topological polar surface area (TPSA) is 73.8 Å². The van der Waals surface area contributed by atoms with Crippen LogP contribution in [0.1, 0.15) is 26.2 Å². The van der Waals surface area contributed by atoms with Gasteiger partial charge in [0.05, 0.1) is 6.26 Å². The molecule has 1 saturated heterocycles. The monoisotopic (exact) mass is 418 g/mol. The molecule has 0 unspecified atom stereocenters. The van der Waals surface area contributed by atoms with Crippen molar-refractivity contribution in [1.82, 2.24) is 14.9 Å². The van der Waals surface area contributed by atoms with Crippen LogP contribution in [0.4, 0.5) is 0 Å². The average molecular weight is 418 g/mol.